The van der Waals surface area contributed by atoms with Gasteiger partial charge in [-0.05, 0) is 50.0 Å². The van der Waals surface area contributed by atoms with Crippen molar-refractivity contribution in [3.8, 4) is 0 Å². The van der Waals surface area contributed by atoms with Crippen LogP contribution in [0.15, 0.2) is 35.3 Å². The highest BCUT2D eigenvalue weighted by molar-refractivity contribution is 5.83. The fourth-order valence-corrected chi connectivity index (χ4v) is 2.95. The Labute approximate surface area is 97.6 Å². The molecule has 3 unspecified atom stereocenters. The van der Waals surface area contributed by atoms with Crippen LogP contribution >= 0.6 is 0 Å². The number of benzene rings is 1. The van der Waals surface area contributed by atoms with E-state index in [1.165, 1.54) is 37.0 Å². The lowest BCUT2D eigenvalue weighted by molar-refractivity contribution is 0.561. The Kier molecular flexibility index (Phi) is 2.55. The Morgan fingerprint density at radius 1 is 1.25 bits per heavy atom. The molecule has 1 fully saturated rings. The van der Waals surface area contributed by atoms with Crippen LogP contribution in [0, 0.1) is 5.92 Å². The predicted molar refractivity (Wildman–Crippen MR) is 68.0 cm³/mol. The van der Waals surface area contributed by atoms with Crippen LogP contribution in [-0.4, -0.2) is 11.8 Å². The highest BCUT2D eigenvalue weighted by atomic mass is 14.8. The van der Waals surface area contributed by atoms with E-state index < -0.39 is 0 Å². The van der Waals surface area contributed by atoms with E-state index in [0.29, 0.717) is 6.04 Å². The van der Waals surface area contributed by atoms with Crippen molar-refractivity contribution < 1.29 is 0 Å². The summed E-state index contributed by atoms with van der Waals surface area (Å²) in [5.74, 6) is 1.74. The van der Waals surface area contributed by atoms with Crippen LogP contribution in [0.25, 0.3) is 0 Å². The molecule has 0 spiro atoms. The van der Waals surface area contributed by atoms with Gasteiger partial charge >= 0.3 is 0 Å². The molecule has 1 saturated carbocycles. The van der Waals surface area contributed by atoms with E-state index in [1.54, 1.807) is 0 Å². The van der Waals surface area contributed by atoms with Gasteiger partial charge in [0.1, 0.15) is 0 Å². The number of rotatable bonds is 3. The maximum absolute atomic E-state index is 4.71. The van der Waals surface area contributed by atoms with Crippen molar-refractivity contribution in [2.24, 2.45) is 10.9 Å². The molecule has 1 aromatic carbocycles. The summed E-state index contributed by atoms with van der Waals surface area (Å²) in [6, 6.07) is 11.6. The van der Waals surface area contributed by atoms with Gasteiger partial charge in [-0.3, -0.25) is 4.99 Å². The summed E-state index contributed by atoms with van der Waals surface area (Å²) >= 11 is 0. The van der Waals surface area contributed by atoms with E-state index in [9.17, 15) is 0 Å². The van der Waals surface area contributed by atoms with E-state index in [2.05, 4.69) is 37.3 Å². The minimum atomic E-state index is 0.638. The molecule has 0 amide bonds. The lowest BCUT2D eigenvalue weighted by atomic mass is 10.0. The quantitative estimate of drug-likeness (QED) is 0.724. The Morgan fingerprint density at radius 2 is 2.06 bits per heavy atom. The Hall–Kier alpha value is -1.11. The summed E-state index contributed by atoms with van der Waals surface area (Å²) in [6.07, 6.45) is 5.23. The number of aliphatic imine (C=N–C) groups is 1. The zero-order chi connectivity index (χ0) is 11.0. The molecular weight excluding hydrogens is 194 g/mol. The molecule has 16 heavy (non-hydrogen) atoms. The van der Waals surface area contributed by atoms with Gasteiger partial charge in [0.05, 0.1) is 6.04 Å². The molecule has 0 aromatic heterocycles. The second-order valence-corrected chi connectivity index (χ2v) is 5.31. The minimum Gasteiger partial charge on any atom is -0.291 e. The van der Waals surface area contributed by atoms with E-state index in [-0.39, 0.29) is 0 Å². The molecule has 3 atom stereocenters. The van der Waals surface area contributed by atoms with Crippen molar-refractivity contribution in [3.05, 3.63) is 35.9 Å². The summed E-state index contributed by atoms with van der Waals surface area (Å²) in [5.41, 5.74) is 2.90. The normalized spacial score (nSPS) is 32.6. The van der Waals surface area contributed by atoms with Gasteiger partial charge in [-0.1, -0.05) is 30.3 Å². The highest BCUT2D eigenvalue weighted by Gasteiger charge is 2.39. The van der Waals surface area contributed by atoms with Crippen LogP contribution in [0.5, 0.6) is 0 Å². The molecule has 3 rings (SSSR count). The smallest absolute Gasteiger partial charge is 0.0505 e. The third-order valence-electron chi connectivity index (χ3n) is 3.97. The van der Waals surface area contributed by atoms with Crippen LogP contribution in [0.1, 0.15) is 44.1 Å². The number of hydrogen-bond donors (Lipinski definition) is 0. The molecule has 1 heterocycles. The van der Waals surface area contributed by atoms with E-state index in [4.69, 9.17) is 4.99 Å². The maximum atomic E-state index is 4.71. The molecule has 0 saturated heterocycles. The molecule has 84 valence electrons. The van der Waals surface area contributed by atoms with E-state index >= 15 is 0 Å². The van der Waals surface area contributed by atoms with Gasteiger partial charge in [0.25, 0.3) is 0 Å². The molecule has 2 aliphatic rings. The van der Waals surface area contributed by atoms with E-state index in [1.807, 2.05) is 0 Å². The van der Waals surface area contributed by atoms with Crippen molar-refractivity contribution in [2.75, 3.05) is 0 Å². The van der Waals surface area contributed by atoms with Crippen molar-refractivity contribution in [2.45, 2.75) is 44.6 Å². The lowest BCUT2D eigenvalue weighted by Gasteiger charge is -2.05. The monoisotopic (exact) mass is 213 g/mol. The highest BCUT2D eigenvalue weighted by Crippen LogP contribution is 2.50. The fourth-order valence-electron chi connectivity index (χ4n) is 2.95. The van der Waals surface area contributed by atoms with Crippen molar-refractivity contribution in [1.29, 1.82) is 0 Å². The van der Waals surface area contributed by atoms with Crippen LogP contribution < -0.4 is 0 Å². The van der Waals surface area contributed by atoms with Gasteiger partial charge < -0.3 is 0 Å². The molecule has 0 radical (unpaired) electrons. The Balaban J connectivity index is 1.57. The van der Waals surface area contributed by atoms with Gasteiger partial charge in [-0.25, -0.2) is 0 Å². The predicted octanol–water partition coefficient (Wildman–Crippen LogP) is 3.80. The molecule has 0 bridgehead atoms. The van der Waals surface area contributed by atoms with Crippen molar-refractivity contribution in [1.82, 2.24) is 0 Å². The van der Waals surface area contributed by atoms with Crippen LogP contribution in [0.3, 0.4) is 0 Å². The first-order valence-corrected chi connectivity index (χ1v) is 6.41. The molecule has 0 N–H and O–H groups in total. The number of nitrogens with zero attached hydrogens (tertiary/aromatic N) is 1. The summed E-state index contributed by atoms with van der Waals surface area (Å²) in [6.45, 7) is 2.17. The minimum absolute atomic E-state index is 0.638. The summed E-state index contributed by atoms with van der Waals surface area (Å²) in [7, 11) is 0. The molecule has 1 aliphatic heterocycles. The van der Waals surface area contributed by atoms with Crippen LogP contribution in [0.2, 0.25) is 0 Å². The molecular formula is C15H19N. The summed E-state index contributed by atoms with van der Waals surface area (Å²) in [5, 5.41) is 0. The standard InChI is InChI=1S/C15H19N/c1-11-7-8-14(16-11)9-13-10-15(13)12-5-3-2-4-6-12/h2-6,13-15H,7-10H2,1H3. The molecule has 1 heteroatoms. The van der Waals surface area contributed by atoms with Crippen molar-refractivity contribution in [3.63, 3.8) is 0 Å². The summed E-state index contributed by atoms with van der Waals surface area (Å²) < 4.78 is 0. The van der Waals surface area contributed by atoms with Gasteiger partial charge in [0.2, 0.25) is 0 Å². The SMILES string of the molecule is CC1=NC(CC2CC2c2ccccc2)CC1. The maximum Gasteiger partial charge on any atom is 0.0505 e. The first-order valence-electron chi connectivity index (χ1n) is 6.41. The zero-order valence-corrected chi connectivity index (χ0v) is 9.89. The largest absolute Gasteiger partial charge is 0.291 e. The second kappa shape index (κ2) is 4.04. The third kappa shape index (κ3) is 2.04. The lowest BCUT2D eigenvalue weighted by Crippen LogP contribution is -2.01. The molecule has 1 nitrogen and oxygen atoms in total. The fraction of sp³-hybridized carbons (Fsp3) is 0.533. The van der Waals surface area contributed by atoms with Crippen LogP contribution in [0.4, 0.5) is 0 Å². The summed E-state index contributed by atoms with van der Waals surface area (Å²) in [4.78, 5) is 4.71. The molecule has 1 aliphatic carbocycles. The third-order valence-corrected chi connectivity index (χ3v) is 3.97. The average Bonchev–Trinajstić information content (AvgIpc) is 2.95. The van der Waals surface area contributed by atoms with Gasteiger partial charge in [-0.2, -0.15) is 0 Å². The second-order valence-electron chi connectivity index (χ2n) is 5.31. The topological polar surface area (TPSA) is 12.4 Å². The van der Waals surface area contributed by atoms with Crippen LogP contribution in [-0.2, 0) is 0 Å². The molecule has 1 aromatic rings. The zero-order valence-electron chi connectivity index (χ0n) is 9.89. The van der Waals surface area contributed by atoms with Gasteiger partial charge in [0.15, 0.2) is 0 Å². The average molecular weight is 213 g/mol. The number of hydrogen-bond acceptors (Lipinski definition) is 1. The Morgan fingerprint density at radius 3 is 2.75 bits per heavy atom. The first-order chi connectivity index (χ1) is 7.83. The van der Waals surface area contributed by atoms with Gasteiger partial charge in [0, 0.05) is 5.71 Å². The van der Waals surface area contributed by atoms with E-state index in [0.717, 1.165) is 11.8 Å². The Bertz CT molecular complexity index is 393. The van der Waals surface area contributed by atoms with Gasteiger partial charge in [-0.15, -0.1) is 0 Å². The first kappa shape index (κ1) is 10.1. The van der Waals surface area contributed by atoms with Crippen molar-refractivity contribution >= 4 is 5.71 Å².